The Morgan fingerprint density at radius 2 is 0.696 bits per heavy atom. The predicted octanol–water partition coefficient (Wildman–Crippen LogP) is 5.34. The third-order valence-corrected chi connectivity index (χ3v) is 3.68. The fourth-order valence-corrected chi connectivity index (χ4v) is 1.89. The van der Waals surface area contributed by atoms with Crippen LogP contribution >= 0.6 is 0 Å². The van der Waals surface area contributed by atoms with Gasteiger partial charge in [0, 0.05) is 23.7 Å². The zero-order valence-corrected chi connectivity index (χ0v) is 15.0. The second-order valence-electron chi connectivity index (χ2n) is 6.34. The van der Waals surface area contributed by atoms with E-state index in [1.165, 1.54) is 0 Å². The van der Waals surface area contributed by atoms with Crippen LogP contribution in [-0.4, -0.2) is 0 Å². The Morgan fingerprint density at radius 3 is 0.913 bits per heavy atom. The van der Waals surface area contributed by atoms with Crippen molar-refractivity contribution in [3.05, 3.63) is 0 Å². The zero-order chi connectivity index (χ0) is 18.1. The quantitative estimate of drug-likeness (QED) is 0.536. The van der Waals surface area contributed by atoms with Gasteiger partial charge in [0.25, 0.3) is 0 Å². The van der Waals surface area contributed by atoms with Crippen LogP contribution < -0.4 is 0 Å². The lowest BCUT2D eigenvalue weighted by Crippen LogP contribution is -1.94. The molecule has 0 N–H and O–H groups in total. The molecular formula is C19H30N4. The first kappa shape index (κ1) is 23.2. The first-order valence-electron chi connectivity index (χ1n) is 8.49. The first-order chi connectivity index (χ1) is 10.9. The lowest BCUT2D eigenvalue weighted by Gasteiger charge is -2.02. The van der Waals surface area contributed by atoms with Crippen molar-refractivity contribution >= 4 is 0 Å². The van der Waals surface area contributed by atoms with E-state index in [0.717, 1.165) is 44.9 Å². The highest BCUT2D eigenvalue weighted by molar-refractivity contribution is 4.82. The highest BCUT2D eigenvalue weighted by Crippen LogP contribution is 2.12. The van der Waals surface area contributed by atoms with E-state index in [1.807, 2.05) is 27.7 Å². The van der Waals surface area contributed by atoms with Crippen LogP contribution in [0.5, 0.6) is 0 Å². The molecule has 0 fully saturated rings. The molecule has 4 unspecified atom stereocenters. The van der Waals surface area contributed by atoms with Crippen molar-refractivity contribution in [2.24, 2.45) is 23.7 Å². The Morgan fingerprint density at radius 1 is 0.478 bits per heavy atom. The third-order valence-electron chi connectivity index (χ3n) is 3.68. The molecule has 0 bridgehead atoms. The molecule has 4 nitrogen and oxygen atoms in total. The van der Waals surface area contributed by atoms with E-state index in [9.17, 15) is 0 Å². The summed E-state index contributed by atoms with van der Waals surface area (Å²) in [6, 6.07) is 8.75. The highest BCUT2D eigenvalue weighted by Gasteiger charge is 2.02. The SMILES string of the molecule is CC(C#N)CCCC(C)C#N.CC(C#N)CCCCC(C)C#N. The van der Waals surface area contributed by atoms with Crippen LogP contribution in [0.1, 0.15) is 72.6 Å². The fraction of sp³-hybridized carbons (Fsp3) is 0.789. The fourth-order valence-electron chi connectivity index (χ4n) is 1.89. The summed E-state index contributed by atoms with van der Waals surface area (Å²) in [4.78, 5) is 0. The average molecular weight is 314 g/mol. The minimum atomic E-state index is 0.140. The molecule has 0 rings (SSSR count). The van der Waals surface area contributed by atoms with E-state index in [2.05, 4.69) is 24.3 Å². The number of hydrogen-bond acceptors (Lipinski definition) is 4. The Labute approximate surface area is 142 Å². The van der Waals surface area contributed by atoms with Gasteiger partial charge < -0.3 is 0 Å². The molecule has 0 aliphatic heterocycles. The van der Waals surface area contributed by atoms with Gasteiger partial charge >= 0.3 is 0 Å². The molecule has 0 saturated heterocycles. The molecule has 0 saturated carbocycles. The van der Waals surface area contributed by atoms with Crippen LogP contribution in [0, 0.1) is 69.0 Å². The van der Waals surface area contributed by atoms with Gasteiger partial charge in [0.1, 0.15) is 0 Å². The molecule has 0 aromatic heterocycles. The van der Waals surface area contributed by atoms with Crippen molar-refractivity contribution in [2.75, 3.05) is 0 Å². The highest BCUT2D eigenvalue weighted by atomic mass is 14.3. The summed E-state index contributed by atoms with van der Waals surface area (Å²) < 4.78 is 0. The van der Waals surface area contributed by atoms with E-state index in [-0.39, 0.29) is 23.7 Å². The van der Waals surface area contributed by atoms with Gasteiger partial charge in [0.2, 0.25) is 0 Å². The Bertz CT molecular complexity index is 402. The van der Waals surface area contributed by atoms with Gasteiger partial charge in [-0.05, 0) is 53.4 Å². The van der Waals surface area contributed by atoms with E-state index in [4.69, 9.17) is 21.0 Å². The van der Waals surface area contributed by atoms with Crippen LogP contribution in [0.4, 0.5) is 0 Å². The number of hydrogen-bond donors (Lipinski definition) is 0. The molecule has 126 valence electrons. The van der Waals surface area contributed by atoms with E-state index in [0.29, 0.717) is 0 Å². The smallest absolute Gasteiger partial charge is 0.0652 e. The number of unbranched alkanes of at least 4 members (excludes halogenated alkanes) is 1. The van der Waals surface area contributed by atoms with Crippen molar-refractivity contribution in [1.29, 1.82) is 21.0 Å². The molecule has 23 heavy (non-hydrogen) atoms. The molecule has 0 heterocycles. The van der Waals surface area contributed by atoms with Crippen LogP contribution in [0.15, 0.2) is 0 Å². The molecule has 0 aliphatic rings. The molecule has 0 amide bonds. The number of nitrogens with zero attached hydrogens (tertiary/aromatic N) is 4. The molecule has 0 aromatic carbocycles. The minimum Gasteiger partial charge on any atom is -0.198 e. The van der Waals surface area contributed by atoms with E-state index >= 15 is 0 Å². The second-order valence-corrected chi connectivity index (χ2v) is 6.34. The normalized spacial score (nSPS) is 14.4. The van der Waals surface area contributed by atoms with Crippen molar-refractivity contribution in [1.82, 2.24) is 0 Å². The molecule has 0 spiro atoms. The maximum atomic E-state index is 8.49. The van der Waals surface area contributed by atoms with Crippen LogP contribution in [-0.2, 0) is 0 Å². The van der Waals surface area contributed by atoms with Crippen molar-refractivity contribution in [3.8, 4) is 24.3 Å². The maximum Gasteiger partial charge on any atom is 0.0652 e. The summed E-state index contributed by atoms with van der Waals surface area (Å²) in [7, 11) is 0. The van der Waals surface area contributed by atoms with Gasteiger partial charge in [-0.1, -0.05) is 19.3 Å². The van der Waals surface area contributed by atoms with Crippen molar-refractivity contribution in [2.45, 2.75) is 72.6 Å². The summed E-state index contributed by atoms with van der Waals surface area (Å²) in [5.74, 6) is 0.617. The summed E-state index contributed by atoms with van der Waals surface area (Å²) >= 11 is 0. The minimum absolute atomic E-state index is 0.140. The van der Waals surface area contributed by atoms with Crippen molar-refractivity contribution < 1.29 is 0 Å². The van der Waals surface area contributed by atoms with Crippen LogP contribution in [0.25, 0.3) is 0 Å². The first-order valence-corrected chi connectivity index (χ1v) is 8.49. The standard InChI is InChI=1S/C10H16N2.C9H14N2/c1-9(7-11)5-3-4-6-10(2)8-12;1-8(6-10)4-3-5-9(2)7-11/h9-10H,3-6H2,1-2H3;8-9H,3-5H2,1-2H3. The number of nitriles is 4. The predicted molar refractivity (Wildman–Crippen MR) is 91.4 cm³/mol. The van der Waals surface area contributed by atoms with Gasteiger partial charge in [-0.25, -0.2) is 0 Å². The van der Waals surface area contributed by atoms with Crippen molar-refractivity contribution in [3.63, 3.8) is 0 Å². The van der Waals surface area contributed by atoms with Gasteiger partial charge in [0.15, 0.2) is 0 Å². The second kappa shape index (κ2) is 16.3. The Balaban J connectivity index is 0. The summed E-state index contributed by atoms with van der Waals surface area (Å²) in [5, 5.41) is 33.9. The largest absolute Gasteiger partial charge is 0.198 e. The average Bonchev–Trinajstić information content (AvgIpc) is 2.58. The van der Waals surface area contributed by atoms with Gasteiger partial charge in [-0.15, -0.1) is 0 Å². The molecule has 0 aliphatic carbocycles. The topological polar surface area (TPSA) is 95.2 Å². The van der Waals surface area contributed by atoms with E-state index in [1.54, 1.807) is 0 Å². The monoisotopic (exact) mass is 314 g/mol. The molecular weight excluding hydrogens is 284 g/mol. The molecule has 4 heteroatoms. The molecule has 0 aromatic rings. The summed E-state index contributed by atoms with van der Waals surface area (Å²) in [6.45, 7) is 7.70. The number of rotatable bonds is 9. The third kappa shape index (κ3) is 17.9. The summed E-state index contributed by atoms with van der Waals surface area (Å²) in [6.07, 6.45) is 6.90. The lowest BCUT2D eigenvalue weighted by molar-refractivity contribution is 0.535. The Kier molecular flexibility index (Phi) is 16.5. The van der Waals surface area contributed by atoms with Gasteiger partial charge in [-0.3, -0.25) is 0 Å². The Hall–Kier alpha value is -2.04. The molecule has 0 radical (unpaired) electrons. The van der Waals surface area contributed by atoms with Gasteiger partial charge in [-0.2, -0.15) is 21.0 Å². The maximum absolute atomic E-state index is 8.49. The lowest BCUT2D eigenvalue weighted by atomic mass is 10.0. The van der Waals surface area contributed by atoms with Gasteiger partial charge in [0.05, 0.1) is 24.3 Å². The van der Waals surface area contributed by atoms with Crippen LogP contribution in [0.3, 0.4) is 0 Å². The summed E-state index contributed by atoms with van der Waals surface area (Å²) in [5.41, 5.74) is 0. The van der Waals surface area contributed by atoms with E-state index < -0.39 is 0 Å². The molecule has 4 atom stereocenters. The zero-order valence-electron chi connectivity index (χ0n) is 15.0. The van der Waals surface area contributed by atoms with Crippen LogP contribution in [0.2, 0.25) is 0 Å².